The van der Waals surface area contributed by atoms with Crippen LogP contribution in [0.5, 0.6) is 0 Å². The highest BCUT2D eigenvalue weighted by Gasteiger charge is 2.22. The van der Waals surface area contributed by atoms with Crippen LogP contribution in [0.3, 0.4) is 0 Å². The molecule has 3 aromatic rings. The second-order valence-electron chi connectivity index (χ2n) is 7.02. The van der Waals surface area contributed by atoms with E-state index in [0.717, 1.165) is 30.2 Å². The van der Waals surface area contributed by atoms with Gasteiger partial charge in [0.25, 0.3) is 11.5 Å². The zero-order chi connectivity index (χ0) is 19.7. The minimum atomic E-state index is -0.493. The van der Waals surface area contributed by atoms with Gasteiger partial charge in [0.2, 0.25) is 10.1 Å². The molecule has 1 aromatic carbocycles. The molecule has 1 atom stereocenters. The number of hydrogen-bond donors (Lipinski definition) is 1. The van der Waals surface area contributed by atoms with E-state index in [1.807, 2.05) is 18.2 Å². The third-order valence-corrected chi connectivity index (χ3v) is 6.20. The van der Waals surface area contributed by atoms with E-state index in [-0.39, 0.29) is 12.1 Å². The molecular weight excluding hydrogens is 398 g/mol. The summed E-state index contributed by atoms with van der Waals surface area (Å²) in [4.78, 5) is 32.2. The zero-order valence-corrected chi connectivity index (χ0v) is 17.0. The molecule has 0 unspecified atom stereocenters. The van der Waals surface area contributed by atoms with Crippen molar-refractivity contribution in [2.75, 3.05) is 18.0 Å². The van der Waals surface area contributed by atoms with E-state index in [2.05, 4.69) is 27.2 Å². The van der Waals surface area contributed by atoms with Gasteiger partial charge in [-0.05, 0) is 30.4 Å². The van der Waals surface area contributed by atoms with E-state index >= 15 is 0 Å². The van der Waals surface area contributed by atoms with Crippen LogP contribution in [0.1, 0.15) is 35.7 Å². The van der Waals surface area contributed by atoms with Gasteiger partial charge in [-0.2, -0.15) is 4.52 Å². The lowest BCUT2D eigenvalue weighted by Gasteiger charge is -2.30. The maximum Gasteiger partial charge on any atom is 0.288 e. The molecule has 1 fully saturated rings. The molecule has 0 spiro atoms. The fourth-order valence-electron chi connectivity index (χ4n) is 3.34. The van der Waals surface area contributed by atoms with Gasteiger partial charge in [-0.25, -0.2) is 4.98 Å². The number of aromatic nitrogens is 3. The molecule has 1 amide bonds. The fraction of sp³-hybridized carbons (Fsp3) is 0.368. The summed E-state index contributed by atoms with van der Waals surface area (Å²) < 4.78 is 1.23. The van der Waals surface area contributed by atoms with Crippen LogP contribution in [0.25, 0.3) is 4.96 Å². The number of piperidine rings is 1. The molecule has 3 heterocycles. The predicted octanol–water partition coefficient (Wildman–Crippen LogP) is 2.97. The van der Waals surface area contributed by atoms with Crippen molar-refractivity contribution in [2.24, 2.45) is 5.92 Å². The van der Waals surface area contributed by atoms with Gasteiger partial charge in [-0.15, -0.1) is 5.10 Å². The minimum Gasteiger partial charge on any atom is -0.348 e. The van der Waals surface area contributed by atoms with Gasteiger partial charge in [0.1, 0.15) is 5.56 Å². The summed E-state index contributed by atoms with van der Waals surface area (Å²) in [6, 6.07) is 7.24. The van der Waals surface area contributed by atoms with Crippen molar-refractivity contribution in [1.82, 2.24) is 19.9 Å². The summed E-state index contributed by atoms with van der Waals surface area (Å²) in [5.74, 6) is 0.101. The number of anilines is 1. The summed E-state index contributed by atoms with van der Waals surface area (Å²) in [7, 11) is 0. The van der Waals surface area contributed by atoms with Crippen molar-refractivity contribution in [1.29, 1.82) is 0 Å². The number of carbonyl (C=O) groups is 1. The Morgan fingerprint density at radius 2 is 2.21 bits per heavy atom. The fourth-order valence-corrected chi connectivity index (χ4v) is 4.43. The number of halogens is 1. The normalized spacial score (nSPS) is 17.1. The molecule has 2 aromatic heterocycles. The van der Waals surface area contributed by atoms with Gasteiger partial charge in [-0.1, -0.05) is 48.1 Å². The summed E-state index contributed by atoms with van der Waals surface area (Å²) >= 11 is 7.48. The van der Waals surface area contributed by atoms with Crippen molar-refractivity contribution in [3.8, 4) is 0 Å². The monoisotopic (exact) mass is 417 g/mol. The third-order valence-electron chi connectivity index (χ3n) is 4.85. The number of nitrogens with one attached hydrogen (secondary N) is 1. The van der Waals surface area contributed by atoms with E-state index in [4.69, 9.17) is 11.6 Å². The highest BCUT2D eigenvalue weighted by atomic mass is 35.5. The average Bonchev–Trinajstić information content (AvgIpc) is 3.13. The molecule has 1 aliphatic heterocycles. The van der Waals surface area contributed by atoms with E-state index in [0.29, 0.717) is 15.9 Å². The number of amides is 1. The topological polar surface area (TPSA) is 79.6 Å². The quantitative estimate of drug-likeness (QED) is 0.705. The van der Waals surface area contributed by atoms with Gasteiger partial charge in [0.05, 0.1) is 0 Å². The Bertz CT molecular complexity index is 1080. The highest BCUT2D eigenvalue weighted by molar-refractivity contribution is 7.20. The number of fused-ring (bicyclic) bond motifs is 1. The Morgan fingerprint density at radius 3 is 3.00 bits per heavy atom. The molecule has 1 aliphatic rings. The Labute approximate surface area is 171 Å². The molecule has 7 nitrogen and oxygen atoms in total. The summed E-state index contributed by atoms with van der Waals surface area (Å²) in [5.41, 5.74) is 0.282. The number of rotatable bonds is 4. The third kappa shape index (κ3) is 3.74. The first-order valence-electron chi connectivity index (χ1n) is 9.18. The second kappa shape index (κ2) is 7.89. The Morgan fingerprint density at radius 1 is 1.39 bits per heavy atom. The Balaban J connectivity index is 1.56. The van der Waals surface area contributed by atoms with Crippen LogP contribution < -0.4 is 15.8 Å². The molecule has 9 heteroatoms. The van der Waals surface area contributed by atoms with Gasteiger partial charge in [-0.3, -0.25) is 9.59 Å². The van der Waals surface area contributed by atoms with E-state index in [9.17, 15) is 9.59 Å². The molecule has 28 heavy (non-hydrogen) atoms. The number of carbonyl (C=O) groups excluding carboxylic acids is 1. The van der Waals surface area contributed by atoms with Gasteiger partial charge in [0.15, 0.2) is 0 Å². The SMILES string of the molecule is C[C@H]1CCCN(c2nn3c(=O)c(C(=O)NCc4ccccc4Cl)cnc3s2)C1. The molecule has 4 rings (SSSR count). The van der Waals surface area contributed by atoms with Gasteiger partial charge < -0.3 is 10.2 Å². The lowest BCUT2D eigenvalue weighted by Crippen LogP contribution is -2.34. The standard InChI is InChI=1S/C19H20ClN5O2S/c1-12-5-4-8-24(11-12)19-23-25-17(27)14(10-22-18(25)28-19)16(26)21-9-13-6-2-3-7-15(13)20/h2-3,6-7,10,12H,4-5,8-9,11H2,1H3,(H,21,26)/t12-/m0/s1. The number of benzene rings is 1. The Kier molecular flexibility index (Phi) is 5.32. The van der Waals surface area contributed by atoms with Gasteiger partial charge >= 0.3 is 0 Å². The number of hydrogen-bond acceptors (Lipinski definition) is 6. The van der Waals surface area contributed by atoms with E-state index in [1.54, 1.807) is 6.07 Å². The zero-order valence-electron chi connectivity index (χ0n) is 15.4. The first kappa shape index (κ1) is 18.9. The smallest absolute Gasteiger partial charge is 0.288 e. The van der Waals surface area contributed by atoms with Crippen LogP contribution in [0.15, 0.2) is 35.3 Å². The summed E-state index contributed by atoms with van der Waals surface area (Å²) in [6.45, 7) is 4.28. The summed E-state index contributed by atoms with van der Waals surface area (Å²) in [6.07, 6.45) is 3.63. The van der Waals surface area contributed by atoms with E-state index < -0.39 is 11.5 Å². The minimum absolute atomic E-state index is 0.0339. The molecule has 0 aliphatic carbocycles. The van der Waals surface area contributed by atoms with E-state index in [1.165, 1.54) is 28.5 Å². The van der Waals surface area contributed by atoms with Crippen molar-refractivity contribution in [3.63, 3.8) is 0 Å². The lowest BCUT2D eigenvalue weighted by atomic mass is 10.0. The van der Waals surface area contributed by atoms with Crippen molar-refractivity contribution in [2.45, 2.75) is 26.3 Å². The summed E-state index contributed by atoms with van der Waals surface area (Å²) in [5, 5.41) is 8.49. The van der Waals surface area contributed by atoms with Crippen LogP contribution in [0.2, 0.25) is 5.02 Å². The molecular formula is C19H20ClN5O2S. The lowest BCUT2D eigenvalue weighted by molar-refractivity contribution is 0.0948. The van der Waals surface area contributed by atoms with Crippen LogP contribution in [-0.2, 0) is 6.54 Å². The molecule has 0 bridgehead atoms. The average molecular weight is 418 g/mol. The van der Waals surface area contributed by atoms with Crippen molar-refractivity contribution >= 4 is 38.9 Å². The Hall–Kier alpha value is -2.45. The number of nitrogens with zero attached hydrogens (tertiary/aromatic N) is 4. The maximum atomic E-state index is 12.8. The van der Waals surface area contributed by atoms with Crippen LogP contribution in [0.4, 0.5) is 5.13 Å². The van der Waals surface area contributed by atoms with Gasteiger partial charge in [0, 0.05) is 30.9 Å². The van der Waals surface area contributed by atoms with Crippen molar-refractivity contribution < 1.29 is 4.79 Å². The molecule has 0 saturated carbocycles. The second-order valence-corrected chi connectivity index (χ2v) is 8.37. The predicted molar refractivity (Wildman–Crippen MR) is 110 cm³/mol. The molecule has 146 valence electrons. The van der Waals surface area contributed by atoms with Crippen LogP contribution in [-0.4, -0.2) is 33.6 Å². The largest absolute Gasteiger partial charge is 0.348 e. The first-order valence-corrected chi connectivity index (χ1v) is 10.4. The maximum absolute atomic E-state index is 12.8. The molecule has 0 radical (unpaired) electrons. The van der Waals surface area contributed by atoms with Crippen LogP contribution in [0, 0.1) is 5.92 Å². The van der Waals surface area contributed by atoms with Crippen LogP contribution >= 0.6 is 22.9 Å². The first-order chi connectivity index (χ1) is 13.5. The van der Waals surface area contributed by atoms with Crippen molar-refractivity contribution in [3.05, 3.63) is 57.0 Å². The molecule has 1 saturated heterocycles. The highest BCUT2D eigenvalue weighted by Crippen LogP contribution is 2.26. The molecule has 1 N–H and O–H groups in total.